The number of rotatable bonds is 4. The maximum Gasteiger partial charge on any atom is 0.252 e. The molecule has 0 saturated carbocycles. The molecule has 0 bridgehead atoms. The van der Waals surface area contributed by atoms with E-state index in [0.717, 1.165) is 0 Å². The molecule has 0 unspecified atom stereocenters. The van der Waals surface area contributed by atoms with Gasteiger partial charge in [0.2, 0.25) is 5.91 Å². The molecule has 2 aromatic rings. The zero-order valence-electron chi connectivity index (χ0n) is 15.4. The van der Waals surface area contributed by atoms with Crippen molar-refractivity contribution in [1.29, 1.82) is 0 Å². The summed E-state index contributed by atoms with van der Waals surface area (Å²) in [4.78, 5) is 30.8. The van der Waals surface area contributed by atoms with E-state index in [4.69, 9.17) is 4.74 Å². The van der Waals surface area contributed by atoms with Crippen LogP contribution in [0.25, 0.3) is 10.9 Å². The molecule has 2 fully saturated rings. The summed E-state index contributed by atoms with van der Waals surface area (Å²) in [5.74, 6) is -0.995. The van der Waals surface area contributed by atoms with Gasteiger partial charge in [0.25, 0.3) is 5.91 Å². The number of methoxy groups -OCH3 is 1. The topological polar surface area (TPSA) is 106 Å². The van der Waals surface area contributed by atoms with Crippen LogP contribution in [-0.2, 0) is 19.4 Å². The summed E-state index contributed by atoms with van der Waals surface area (Å²) in [6.45, 7) is 0.368. The van der Waals surface area contributed by atoms with Gasteiger partial charge < -0.3 is 15.0 Å². The molecule has 3 atom stereocenters. The van der Waals surface area contributed by atoms with Crippen molar-refractivity contribution in [2.24, 2.45) is 5.92 Å². The van der Waals surface area contributed by atoms with Crippen LogP contribution < -0.4 is 5.32 Å². The fourth-order valence-electron chi connectivity index (χ4n) is 4.18. The highest BCUT2D eigenvalue weighted by atomic mass is 32.2. The van der Waals surface area contributed by atoms with E-state index in [9.17, 15) is 18.0 Å². The van der Waals surface area contributed by atoms with E-state index in [1.807, 2.05) is 12.1 Å². The third-order valence-corrected chi connectivity index (χ3v) is 7.77. The van der Waals surface area contributed by atoms with E-state index in [1.165, 1.54) is 12.0 Å². The predicted molar refractivity (Wildman–Crippen MR) is 103 cm³/mol. The van der Waals surface area contributed by atoms with Gasteiger partial charge in [-0.1, -0.05) is 12.1 Å². The van der Waals surface area contributed by atoms with Crippen molar-refractivity contribution in [2.75, 3.05) is 32.6 Å². The van der Waals surface area contributed by atoms with Crippen molar-refractivity contribution < 1.29 is 22.7 Å². The van der Waals surface area contributed by atoms with Gasteiger partial charge in [0.1, 0.15) is 6.61 Å². The SMILES string of the molecule is COCC(=O)N1C[C@H]2[C@H](NC(=O)c3cccc4ncccc34)CS(=O)(=O)[C@H]2C1. The Bertz CT molecular complexity index is 1030. The van der Waals surface area contributed by atoms with Crippen molar-refractivity contribution in [3.63, 3.8) is 0 Å². The molecule has 0 aliphatic carbocycles. The van der Waals surface area contributed by atoms with Crippen LogP contribution in [0.3, 0.4) is 0 Å². The largest absolute Gasteiger partial charge is 0.375 e. The third kappa shape index (κ3) is 3.24. The number of ether oxygens (including phenoxy) is 1. The smallest absolute Gasteiger partial charge is 0.252 e. The Labute approximate surface area is 162 Å². The van der Waals surface area contributed by atoms with Crippen LogP contribution in [0, 0.1) is 5.92 Å². The number of hydrogen-bond donors (Lipinski definition) is 1. The van der Waals surface area contributed by atoms with Crippen molar-refractivity contribution >= 4 is 32.6 Å². The van der Waals surface area contributed by atoms with Gasteiger partial charge in [-0.25, -0.2) is 8.42 Å². The van der Waals surface area contributed by atoms with E-state index in [2.05, 4.69) is 10.3 Å². The first-order valence-corrected chi connectivity index (χ1v) is 10.7. The molecule has 148 valence electrons. The van der Waals surface area contributed by atoms with Crippen molar-refractivity contribution in [1.82, 2.24) is 15.2 Å². The second-order valence-corrected chi connectivity index (χ2v) is 9.48. The minimum atomic E-state index is -3.39. The number of nitrogens with zero attached hydrogens (tertiary/aromatic N) is 2. The van der Waals surface area contributed by atoms with Crippen LogP contribution >= 0.6 is 0 Å². The van der Waals surface area contributed by atoms with Crippen LogP contribution in [0.15, 0.2) is 36.5 Å². The van der Waals surface area contributed by atoms with Gasteiger partial charge in [-0.3, -0.25) is 14.6 Å². The molecule has 2 aliphatic rings. The minimum Gasteiger partial charge on any atom is -0.375 e. The van der Waals surface area contributed by atoms with Gasteiger partial charge in [-0.2, -0.15) is 0 Å². The fourth-order valence-corrected chi connectivity index (χ4v) is 6.47. The molecule has 2 aliphatic heterocycles. The Morgan fingerprint density at radius 1 is 1.25 bits per heavy atom. The minimum absolute atomic E-state index is 0.0838. The molecule has 9 heteroatoms. The number of hydrogen-bond acceptors (Lipinski definition) is 6. The van der Waals surface area contributed by atoms with E-state index >= 15 is 0 Å². The predicted octanol–water partition coefficient (Wildman–Crippen LogP) is 0.235. The van der Waals surface area contributed by atoms with Crippen molar-refractivity contribution in [3.05, 3.63) is 42.1 Å². The highest BCUT2D eigenvalue weighted by molar-refractivity contribution is 7.92. The Kier molecular flexibility index (Phi) is 4.80. The maximum atomic E-state index is 12.9. The number of carbonyl (C=O) groups is 2. The summed E-state index contributed by atoms with van der Waals surface area (Å²) in [6.07, 6.45) is 1.66. The first kappa shape index (κ1) is 18.8. The highest BCUT2D eigenvalue weighted by Gasteiger charge is 2.53. The van der Waals surface area contributed by atoms with Gasteiger partial charge in [-0.05, 0) is 18.2 Å². The van der Waals surface area contributed by atoms with E-state index in [-0.39, 0.29) is 36.6 Å². The normalized spacial score (nSPS) is 25.6. The summed E-state index contributed by atoms with van der Waals surface area (Å²) < 4.78 is 30.0. The molecule has 4 rings (SSSR count). The van der Waals surface area contributed by atoms with Crippen LogP contribution in [0.5, 0.6) is 0 Å². The number of fused-ring (bicyclic) bond motifs is 2. The average Bonchev–Trinajstić information content (AvgIpc) is 3.22. The lowest BCUT2D eigenvalue weighted by Gasteiger charge is -2.21. The van der Waals surface area contributed by atoms with E-state index in [1.54, 1.807) is 24.4 Å². The maximum absolute atomic E-state index is 12.9. The van der Waals surface area contributed by atoms with Gasteiger partial charge in [-0.15, -0.1) is 0 Å². The molecular formula is C19H21N3O5S. The summed E-state index contributed by atoms with van der Waals surface area (Å²) >= 11 is 0. The van der Waals surface area contributed by atoms with Crippen LogP contribution in [0.1, 0.15) is 10.4 Å². The van der Waals surface area contributed by atoms with Crippen molar-refractivity contribution in [3.8, 4) is 0 Å². The Morgan fingerprint density at radius 2 is 2.07 bits per heavy atom. The van der Waals surface area contributed by atoms with E-state index < -0.39 is 21.1 Å². The number of benzene rings is 1. The molecule has 0 spiro atoms. The monoisotopic (exact) mass is 403 g/mol. The van der Waals surface area contributed by atoms with Gasteiger partial charge in [0.05, 0.1) is 16.5 Å². The first-order chi connectivity index (χ1) is 13.4. The number of likely N-dealkylation sites (tertiary alicyclic amines) is 1. The molecular weight excluding hydrogens is 382 g/mol. The summed E-state index contributed by atoms with van der Waals surface area (Å²) in [5, 5.41) is 2.96. The molecule has 2 amide bonds. The summed E-state index contributed by atoms with van der Waals surface area (Å²) in [6, 6.07) is 8.30. The number of amides is 2. The van der Waals surface area contributed by atoms with Crippen LogP contribution in [0.2, 0.25) is 0 Å². The molecule has 8 nitrogen and oxygen atoms in total. The lowest BCUT2D eigenvalue weighted by atomic mass is 9.99. The summed E-state index contributed by atoms with van der Waals surface area (Å²) in [7, 11) is -1.96. The van der Waals surface area contributed by atoms with Gasteiger partial charge in [0.15, 0.2) is 9.84 Å². The zero-order chi connectivity index (χ0) is 19.9. The highest BCUT2D eigenvalue weighted by Crippen LogP contribution is 2.34. The second-order valence-electron chi connectivity index (χ2n) is 7.22. The number of sulfone groups is 1. The fraction of sp³-hybridized carbons (Fsp3) is 0.421. The lowest BCUT2D eigenvalue weighted by Crippen LogP contribution is -2.43. The van der Waals surface area contributed by atoms with Gasteiger partial charge in [0, 0.05) is 49.3 Å². The number of nitrogens with one attached hydrogen (secondary N) is 1. The Balaban J connectivity index is 1.56. The van der Waals surface area contributed by atoms with E-state index in [0.29, 0.717) is 23.0 Å². The second kappa shape index (κ2) is 7.14. The molecule has 28 heavy (non-hydrogen) atoms. The Morgan fingerprint density at radius 3 is 2.86 bits per heavy atom. The van der Waals surface area contributed by atoms with Crippen molar-refractivity contribution in [2.45, 2.75) is 11.3 Å². The summed E-state index contributed by atoms with van der Waals surface area (Å²) in [5.41, 5.74) is 1.15. The lowest BCUT2D eigenvalue weighted by molar-refractivity contribution is -0.134. The number of pyridine rings is 1. The zero-order valence-corrected chi connectivity index (χ0v) is 16.2. The molecule has 1 aromatic carbocycles. The molecule has 2 saturated heterocycles. The molecule has 3 heterocycles. The quantitative estimate of drug-likeness (QED) is 0.784. The van der Waals surface area contributed by atoms with Gasteiger partial charge >= 0.3 is 0 Å². The molecule has 1 aromatic heterocycles. The van der Waals surface area contributed by atoms with Crippen LogP contribution in [0.4, 0.5) is 0 Å². The number of carbonyl (C=O) groups excluding carboxylic acids is 2. The standard InChI is InChI=1S/C19H21N3O5S/c1-27-10-18(23)22-8-14-16(11-28(25,26)17(14)9-22)21-19(24)13-4-2-6-15-12(13)5-3-7-20-15/h2-7,14,16-17H,8-11H2,1H3,(H,21,24)/t14-,16+,17-/m0/s1. The average molecular weight is 403 g/mol. The first-order valence-electron chi connectivity index (χ1n) is 9.03. The third-order valence-electron chi connectivity index (χ3n) is 5.53. The molecule has 1 N–H and O–H groups in total. The Hall–Kier alpha value is -2.52. The molecule has 0 radical (unpaired) electrons. The van der Waals surface area contributed by atoms with Crippen LogP contribution in [-0.4, -0.2) is 74.0 Å². The number of aromatic nitrogens is 1.